The predicted molar refractivity (Wildman–Crippen MR) is 93.9 cm³/mol. The summed E-state index contributed by atoms with van der Waals surface area (Å²) in [5.41, 5.74) is 2.68. The fraction of sp³-hybridized carbons (Fsp3) is 0.333. The molecule has 22 heavy (non-hydrogen) atoms. The molecule has 0 aliphatic heterocycles. The van der Waals surface area contributed by atoms with Gasteiger partial charge in [0.2, 0.25) is 0 Å². The summed E-state index contributed by atoms with van der Waals surface area (Å²) in [7, 11) is 5.64. The van der Waals surface area contributed by atoms with Crippen LogP contribution in [0.5, 0.6) is 5.75 Å². The number of methoxy groups -OCH3 is 1. The second-order valence-electron chi connectivity index (χ2n) is 4.99. The Hall–Kier alpha value is -2.36. The largest absolute Gasteiger partial charge is 0.494 e. The van der Waals surface area contributed by atoms with E-state index < -0.39 is 0 Å². The second-order valence-corrected chi connectivity index (χ2v) is 4.99. The Morgan fingerprint density at radius 3 is 2.05 bits per heavy atom. The predicted octanol–water partition coefficient (Wildman–Crippen LogP) is 5.59. The molecule has 2 rings (SSSR count). The first-order chi connectivity index (χ1) is 10.6. The maximum absolute atomic E-state index is 5.22. The lowest BCUT2D eigenvalue weighted by Crippen LogP contribution is -2.07. The van der Waals surface area contributed by atoms with Crippen molar-refractivity contribution in [2.24, 2.45) is 10.2 Å². The zero-order chi connectivity index (χ0) is 16.4. The quantitative estimate of drug-likeness (QED) is 0.690. The third-order valence-corrected chi connectivity index (χ3v) is 2.72. The van der Waals surface area contributed by atoms with E-state index in [1.165, 1.54) is 6.42 Å². The number of anilines is 1. The number of azo groups is 1. The first-order valence-electron chi connectivity index (χ1n) is 7.44. The van der Waals surface area contributed by atoms with Crippen LogP contribution in [0.25, 0.3) is 0 Å². The molecule has 0 heterocycles. The standard InChI is InChI=1S/C15H17N3O.C3H8/c1-18(2)13-10-8-12(9-11-13)16-17-14-6-4-5-7-15(14)19-3;1-3-2/h4-11H,1-3H3;3H2,1-2H3. The molecule has 0 saturated heterocycles. The van der Waals surface area contributed by atoms with E-state index in [4.69, 9.17) is 4.74 Å². The molecule has 4 heteroatoms. The van der Waals surface area contributed by atoms with Gasteiger partial charge < -0.3 is 9.64 Å². The number of hydrogen-bond acceptors (Lipinski definition) is 4. The Labute approximate surface area is 133 Å². The molecular formula is C18H25N3O. The van der Waals surface area contributed by atoms with Crippen LogP contribution in [-0.2, 0) is 0 Å². The van der Waals surface area contributed by atoms with Crippen molar-refractivity contribution in [3.63, 3.8) is 0 Å². The van der Waals surface area contributed by atoms with Gasteiger partial charge in [-0.1, -0.05) is 32.4 Å². The fourth-order valence-corrected chi connectivity index (χ4v) is 1.64. The zero-order valence-electron chi connectivity index (χ0n) is 14.1. The molecule has 0 bridgehead atoms. The van der Waals surface area contributed by atoms with Gasteiger partial charge >= 0.3 is 0 Å². The van der Waals surface area contributed by atoms with E-state index in [1.807, 2.05) is 67.5 Å². The van der Waals surface area contributed by atoms with Gasteiger partial charge in [0.05, 0.1) is 12.8 Å². The maximum atomic E-state index is 5.22. The van der Waals surface area contributed by atoms with Crippen LogP contribution in [0, 0.1) is 0 Å². The molecular weight excluding hydrogens is 274 g/mol. The number of ether oxygens (including phenoxy) is 1. The molecule has 0 aliphatic rings. The number of rotatable bonds is 4. The molecule has 0 aromatic heterocycles. The van der Waals surface area contributed by atoms with Crippen molar-refractivity contribution in [1.82, 2.24) is 0 Å². The van der Waals surface area contributed by atoms with Crippen LogP contribution in [0.3, 0.4) is 0 Å². The van der Waals surface area contributed by atoms with E-state index in [9.17, 15) is 0 Å². The van der Waals surface area contributed by atoms with Gasteiger partial charge in [-0.05, 0) is 36.4 Å². The number of benzene rings is 2. The number of hydrogen-bond donors (Lipinski definition) is 0. The Morgan fingerprint density at radius 2 is 1.50 bits per heavy atom. The van der Waals surface area contributed by atoms with Crippen LogP contribution in [0.15, 0.2) is 58.8 Å². The van der Waals surface area contributed by atoms with Gasteiger partial charge in [-0.25, -0.2) is 0 Å². The van der Waals surface area contributed by atoms with E-state index in [1.54, 1.807) is 7.11 Å². The summed E-state index contributed by atoms with van der Waals surface area (Å²) in [5, 5.41) is 8.42. The summed E-state index contributed by atoms with van der Waals surface area (Å²) in [6, 6.07) is 15.4. The average molecular weight is 299 g/mol. The first kappa shape index (κ1) is 17.7. The highest BCUT2D eigenvalue weighted by Gasteiger charge is 1.99. The van der Waals surface area contributed by atoms with E-state index >= 15 is 0 Å². The first-order valence-corrected chi connectivity index (χ1v) is 7.44. The fourth-order valence-electron chi connectivity index (χ4n) is 1.64. The van der Waals surface area contributed by atoms with Crippen molar-refractivity contribution in [3.05, 3.63) is 48.5 Å². The monoisotopic (exact) mass is 299 g/mol. The Balaban J connectivity index is 0.000000745. The zero-order valence-corrected chi connectivity index (χ0v) is 14.1. The van der Waals surface area contributed by atoms with Crippen molar-refractivity contribution < 1.29 is 4.74 Å². The van der Waals surface area contributed by atoms with Crippen LogP contribution in [0.4, 0.5) is 17.1 Å². The normalized spacial score (nSPS) is 10.0. The van der Waals surface area contributed by atoms with E-state index in [0.717, 1.165) is 22.8 Å². The topological polar surface area (TPSA) is 37.2 Å². The van der Waals surface area contributed by atoms with Gasteiger partial charge in [-0.3, -0.25) is 0 Å². The summed E-state index contributed by atoms with van der Waals surface area (Å²) in [4.78, 5) is 2.04. The molecule has 0 amide bonds. The van der Waals surface area contributed by atoms with Crippen LogP contribution < -0.4 is 9.64 Å². The highest BCUT2D eigenvalue weighted by Crippen LogP contribution is 2.28. The van der Waals surface area contributed by atoms with E-state index in [-0.39, 0.29) is 0 Å². The molecule has 0 spiro atoms. The molecule has 2 aromatic rings. The van der Waals surface area contributed by atoms with Gasteiger partial charge in [-0.15, -0.1) is 5.11 Å². The van der Waals surface area contributed by atoms with Crippen LogP contribution in [0.2, 0.25) is 0 Å². The number of nitrogens with zero attached hydrogens (tertiary/aromatic N) is 3. The molecule has 118 valence electrons. The van der Waals surface area contributed by atoms with E-state index in [2.05, 4.69) is 24.1 Å². The van der Waals surface area contributed by atoms with Gasteiger partial charge in [0.25, 0.3) is 0 Å². The van der Waals surface area contributed by atoms with Crippen molar-refractivity contribution in [2.45, 2.75) is 20.3 Å². The van der Waals surface area contributed by atoms with Crippen LogP contribution >= 0.6 is 0 Å². The Kier molecular flexibility index (Phi) is 7.68. The lowest BCUT2D eigenvalue weighted by molar-refractivity contribution is 0.416. The molecule has 2 aromatic carbocycles. The SMILES string of the molecule is CCC.COc1ccccc1N=Nc1ccc(N(C)C)cc1. The molecule has 0 fully saturated rings. The third-order valence-electron chi connectivity index (χ3n) is 2.72. The van der Waals surface area contributed by atoms with E-state index in [0.29, 0.717) is 0 Å². The highest BCUT2D eigenvalue weighted by atomic mass is 16.5. The summed E-state index contributed by atoms with van der Waals surface area (Å²) in [6.07, 6.45) is 1.25. The minimum absolute atomic E-state index is 0.719. The second kappa shape index (κ2) is 9.55. The summed E-state index contributed by atoms with van der Waals surface area (Å²) >= 11 is 0. The highest BCUT2D eigenvalue weighted by molar-refractivity contribution is 5.53. The van der Waals surface area contributed by atoms with Gasteiger partial charge in [0.15, 0.2) is 0 Å². The molecule has 0 aliphatic carbocycles. The van der Waals surface area contributed by atoms with Crippen molar-refractivity contribution in [2.75, 3.05) is 26.1 Å². The van der Waals surface area contributed by atoms with Gasteiger partial charge in [0.1, 0.15) is 11.4 Å². The average Bonchev–Trinajstić information content (AvgIpc) is 2.54. The Bertz CT molecular complexity index is 577. The lowest BCUT2D eigenvalue weighted by atomic mass is 10.3. The number of para-hydroxylation sites is 1. The minimum Gasteiger partial charge on any atom is -0.494 e. The molecule has 0 N–H and O–H groups in total. The minimum atomic E-state index is 0.719. The van der Waals surface area contributed by atoms with Crippen molar-refractivity contribution in [3.8, 4) is 5.75 Å². The van der Waals surface area contributed by atoms with Crippen LogP contribution in [0.1, 0.15) is 20.3 Å². The molecule has 0 saturated carbocycles. The molecule has 0 unspecified atom stereocenters. The van der Waals surface area contributed by atoms with Gasteiger partial charge in [-0.2, -0.15) is 5.11 Å². The smallest absolute Gasteiger partial charge is 0.146 e. The van der Waals surface area contributed by atoms with Crippen molar-refractivity contribution >= 4 is 17.1 Å². The maximum Gasteiger partial charge on any atom is 0.146 e. The lowest BCUT2D eigenvalue weighted by Gasteiger charge is -2.11. The molecule has 0 radical (unpaired) electrons. The summed E-state index contributed by atoms with van der Waals surface area (Å²) < 4.78 is 5.22. The summed E-state index contributed by atoms with van der Waals surface area (Å²) in [6.45, 7) is 4.25. The molecule has 4 nitrogen and oxygen atoms in total. The van der Waals surface area contributed by atoms with Gasteiger partial charge in [0, 0.05) is 19.8 Å². The third kappa shape index (κ3) is 5.56. The van der Waals surface area contributed by atoms with Crippen molar-refractivity contribution in [1.29, 1.82) is 0 Å². The van der Waals surface area contributed by atoms with Crippen LogP contribution in [-0.4, -0.2) is 21.2 Å². The summed E-state index contributed by atoms with van der Waals surface area (Å²) in [5.74, 6) is 0.719. The molecule has 0 atom stereocenters. The Morgan fingerprint density at radius 1 is 0.909 bits per heavy atom.